The molecule has 4 heteroatoms. The zero-order valence-corrected chi connectivity index (χ0v) is 11.9. The molecule has 1 atom stereocenters. The molecule has 1 aromatic rings. The van der Waals surface area contributed by atoms with Gasteiger partial charge in [-0.2, -0.15) is 0 Å². The standard InChI is InChI=1S/C14H20ClNO2/c1-10-6-12(15)5-4-11(10)7-16-8-13-9-17-14(2,3)18-13/h4-6,13,16H,7-9H2,1-3H3. The third kappa shape index (κ3) is 3.69. The number of ether oxygens (including phenoxy) is 2. The third-order valence-corrected chi connectivity index (χ3v) is 3.29. The Balaban J connectivity index is 1.79. The zero-order chi connectivity index (χ0) is 13.2. The van der Waals surface area contributed by atoms with Gasteiger partial charge in [0.25, 0.3) is 0 Å². The molecule has 3 nitrogen and oxygen atoms in total. The van der Waals surface area contributed by atoms with E-state index in [0.717, 1.165) is 18.1 Å². The summed E-state index contributed by atoms with van der Waals surface area (Å²) in [5.41, 5.74) is 2.47. The van der Waals surface area contributed by atoms with E-state index in [1.54, 1.807) is 0 Å². The van der Waals surface area contributed by atoms with E-state index >= 15 is 0 Å². The molecule has 1 saturated heterocycles. The molecule has 1 N–H and O–H groups in total. The molecule has 1 unspecified atom stereocenters. The Morgan fingerprint density at radius 3 is 2.83 bits per heavy atom. The maximum Gasteiger partial charge on any atom is 0.163 e. The molecular formula is C14H20ClNO2. The molecule has 0 radical (unpaired) electrons. The van der Waals surface area contributed by atoms with Gasteiger partial charge in [0.2, 0.25) is 0 Å². The molecule has 0 amide bonds. The van der Waals surface area contributed by atoms with Gasteiger partial charge in [0.05, 0.1) is 12.7 Å². The second-order valence-electron chi connectivity index (χ2n) is 5.15. The van der Waals surface area contributed by atoms with Crippen molar-refractivity contribution in [2.75, 3.05) is 13.2 Å². The van der Waals surface area contributed by atoms with Crippen LogP contribution in [0.5, 0.6) is 0 Å². The highest BCUT2D eigenvalue weighted by atomic mass is 35.5. The molecule has 1 heterocycles. The highest BCUT2D eigenvalue weighted by Crippen LogP contribution is 2.21. The maximum atomic E-state index is 5.93. The average molecular weight is 270 g/mol. The van der Waals surface area contributed by atoms with Crippen LogP contribution < -0.4 is 5.32 Å². The predicted octanol–water partition coefficient (Wildman–Crippen LogP) is 2.89. The lowest BCUT2D eigenvalue weighted by molar-refractivity contribution is -0.137. The van der Waals surface area contributed by atoms with Crippen molar-refractivity contribution in [3.8, 4) is 0 Å². The number of halogens is 1. The summed E-state index contributed by atoms with van der Waals surface area (Å²) in [7, 11) is 0. The smallest absolute Gasteiger partial charge is 0.163 e. The van der Waals surface area contributed by atoms with E-state index in [4.69, 9.17) is 21.1 Å². The lowest BCUT2D eigenvalue weighted by Crippen LogP contribution is -2.30. The van der Waals surface area contributed by atoms with Crippen LogP contribution in [0.15, 0.2) is 18.2 Å². The fourth-order valence-corrected chi connectivity index (χ4v) is 2.32. The molecule has 1 aliphatic rings. The summed E-state index contributed by atoms with van der Waals surface area (Å²) in [4.78, 5) is 0. The summed E-state index contributed by atoms with van der Waals surface area (Å²) < 4.78 is 11.2. The molecule has 0 spiro atoms. The molecule has 0 aliphatic carbocycles. The molecule has 1 aliphatic heterocycles. The van der Waals surface area contributed by atoms with Crippen molar-refractivity contribution in [2.45, 2.75) is 39.2 Å². The highest BCUT2D eigenvalue weighted by Gasteiger charge is 2.32. The van der Waals surface area contributed by atoms with Gasteiger partial charge in [-0.05, 0) is 44.0 Å². The second-order valence-corrected chi connectivity index (χ2v) is 5.59. The summed E-state index contributed by atoms with van der Waals surface area (Å²) in [5, 5.41) is 4.18. The topological polar surface area (TPSA) is 30.5 Å². The predicted molar refractivity (Wildman–Crippen MR) is 72.8 cm³/mol. The van der Waals surface area contributed by atoms with E-state index in [1.807, 2.05) is 26.0 Å². The number of hydrogen-bond donors (Lipinski definition) is 1. The summed E-state index contributed by atoms with van der Waals surface area (Å²) in [6.07, 6.45) is 0.132. The van der Waals surface area contributed by atoms with Gasteiger partial charge in [-0.15, -0.1) is 0 Å². The van der Waals surface area contributed by atoms with Gasteiger partial charge in [-0.1, -0.05) is 17.7 Å². The second kappa shape index (κ2) is 5.57. The Kier molecular flexibility index (Phi) is 4.28. The normalized spacial score (nSPS) is 22.3. The summed E-state index contributed by atoms with van der Waals surface area (Å²) in [6.45, 7) is 8.22. The summed E-state index contributed by atoms with van der Waals surface area (Å²) >= 11 is 5.93. The third-order valence-electron chi connectivity index (χ3n) is 3.06. The number of aryl methyl sites for hydroxylation is 1. The monoisotopic (exact) mass is 269 g/mol. The molecule has 2 rings (SSSR count). The van der Waals surface area contributed by atoms with E-state index in [-0.39, 0.29) is 6.10 Å². The van der Waals surface area contributed by atoms with Gasteiger partial charge in [0, 0.05) is 18.1 Å². The fraction of sp³-hybridized carbons (Fsp3) is 0.571. The number of rotatable bonds is 4. The first-order valence-electron chi connectivity index (χ1n) is 6.24. The molecule has 1 aromatic carbocycles. The van der Waals surface area contributed by atoms with Crippen LogP contribution in [-0.2, 0) is 16.0 Å². The molecule has 18 heavy (non-hydrogen) atoms. The van der Waals surface area contributed by atoms with Crippen LogP contribution >= 0.6 is 11.6 Å². The lowest BCUT2D eigenvalue weighted by atomic mass is 10.1. The van der Waals surface area contributed by atoms with Gasteiger partial charge in [-0.25, -0.2) is 0 Å². The number of benzene rings is 1. The average Bonchev–Trinajstić information content (AvgIpc) is 2.61. The Morgan fingerprint density at radius 2 is 2.22 bits per heavy atom. The summed E-state index contributed by atoms with van der Waals surface area (Å²) in [6, 6.07) is 5.96. The van der Waals surface area contributed by atoms with Crippen molar-refractivity contribution >= 4 is 11.6 Å². The Morgan fingerprint density at radius 1 is 1.44 bits per heavy atom. The molecule has 1 fully saturated rings. The van der Waals surface area contributed by atoms with Crippen molar-refractivity contribution in [3.05, 3.63) is 34.3 Å². The van der Waals surface area contributed by atoms with E-state index in [2.05, 4.69) is 18.3 Å². The van der Waals surface area contributed by atoms with Crippen LogP contribution in [-0.4, -0.2) is 25.0 Å². The van der Waals surface area contributed by atoms with Gasteiger partial charge < -0.3 is 14.8 Å². The van der Waals surface area contributed by atoms with Gasteiger partial charge >= 0.3 is 0 Å². The van der Waals surface area contributed by atoms with E-state index in [0.29, 0.717) is 6.61 Å². The molecule has 0 bridgehead atoms. The quantitative estimate of drug-likeness (QED) is 0.912. The molecule has 100 valence electrons. The van der Waals surface area contributed by atoms with Crippen molar-refractivity contribution in [1.29, 1.82) is 0 Å². The van der Waals surface area contributed by atoms with Crippen LogP contribution in [0.3, 0.4) is 0 Å². The fourth-order valence-electron chi connectivity index (χ4n) is 2.09. The lowest BCUT2D eigenvalue weighted by Gasteiger charge is -2.17. The SMILES string of the molecule is Cc1cc(Cl)ccc1CNCC1COC(C)(C)O1. The minimum absolute atomic E-state index is 0.132. The first kappa shape index (κ1) is 13.8. The zero-order valence-electron chi connectivity index (χ0n) is 11.1. The van der Waals surface area contributed by atoms with Crippen LogP contribution in [0.25, 0.3) is 0 Å². The Bertz CT molecular complexity index is 420. The van der Waals surface area contributed by atoms with E-state index in [9.17, 15) is 0 Å². The molecule has 0 saturated carbocycles. The minimum atomic E-state index is -0.442. The van der Waals surface area contributed by atoms with Crippen molar-refractivity contribution < 1.29 is 9.47 Å². The van der Waals surface area contributed by atoms with Gasteiger partial charge in [0.15, 0.2) is 5.79 Å². The van der Waals surface area contributed by atoms with Crippen LogP contribution in [0, 0.1) is 6.92 Å². The Hall–Kier alpha value is -0.610. The van der Waals surface area contributed by atoms with Crippen molar-refractivity contribution in [1.82, 2.24) is 5.32 Å². The minimum Gasteiger partial charge on any atom is -0.348 e. The van der Waals surface area contributed by atoms with Gasteiger partial charge in [0.1, 0.15) is 0 Å². The van der Waals surface area contributed by atoms with Crippen LogP contribution in [0.1, 0.15) is 25.0 Å². The number of hydrogen-bond acceptors (Lipinski definition) is 3. The van der Waals surface area contributed by atoms with Crippen LogP contribution in [0.2, 0.25) is 5.02 Å². The summed E-state index contributed by atoms with van der Waals surface area (Å²) in [5.74, 6) is -0.442. The van der Waals surface area contributed by atoms with Crippen molar-refractivity contribution in [3.63, 3.8) is 0 Å². The molecular weight excluding hydrogens is 250 g/mol. The largest absolute Gasteiger partial charge is 0.348 e. The first-order valence-corrected chi connectivity index (χ1v) is 6.61. The highest BCUT2D eigenvalue weighted by molar-refractivity contribution is 6.30. The maximum absolute atomic E-state index is 5.93. The van der Waals surface area contributed by atoms with Gasteiger partial charge in [-0.3, -0.25) is 0 Å². The molecule has 0 aromatic heterocycles. The van der Waals surface area contributed by atoms with E-state index in [1.165, 1.54) is 11.1 Å². The first-order chi connectivity index (χ1) is 8.46. The Labute approximate surface area is 113 Å². The number of nitrogens with one attached hydrogen (secondary N) is 1. The van der Waals surface area contributed by atoms with Crippen molar-refractivity contribution in [2.24, 2.45) is 0 Å². The van der Waals surface area contributed by atoms with Crippen LogP contribution in [0.4, 0.5) is 0 Å². The van der Waals surface area contributed by atoms with E-state index < -0.39 is 5.79 Å².